The van der Waals surface area contributed by atoms with E-state index in [9.17, 15) is 4.39 Å². The summed E-state index contributed by atoms with van der Waals surface area (Å²) in [5.41, 5.74) is 3.10. The summed E-state index contributed by atoms with van der Waals surface area (Å²) in [6.07, 6.45) is 3.58. The molecule has 0 aliphatic heterocycles. The van der Waals surface area contributed by atoms with Crippen molar-refractivity contribution in [1.82, 2.24) is 9.66 Å². The molecule has 30 heavy (non-hydrogen) atoms. The molecule has 0 atom stereocenters. The lowest BCUT2D eigenvalue weighted by Gasteiger charge is -2.07. The first-order valence-corrected chi connectivity index (χ1v) is 10.3. The molecule has 146 valence electrons. The van der Waals surface area contributed by atoms with Crippen LogP contribution >= 0.6 is 11.3 Å². The molecular formula is C24H17FN4S. The number of H-pyrrole nitrogens is 1. The second-order valence-electron chi connectivity index (χ2n) is 6.68. The van der Waals surface area contributed by atoms with E-state index in [1.165, 1.54) is 17.4 Å². The molecule has 6 heteroatoms. The van der Waals surface area contributed by atoms with E-state index in [0.29, 0.717) is 4.80 Å². The first-order chi connectivity index (χ1) is 14.8. The van der Waals surface area contributed by atoms with Crippen molar-refractivity contribution in [1.29, 1.82) is 0 Å². The smallest absolute Gasteiger partial charge is 0.211 e. The highest BCUT2D eigenvalue weighted by atomic mass is 32.1. The topological polar surface area (TPSA) is 45.4 Å². The molecule has 2 heterocycles. The zero-order valence-electron chi connectivity index (χ0n) is 15.9. The van der Waals surface area contributed by atoms with Gasteiger partial charge in [0.05, 0.1) is 17.6 Å². The van der Waals surface area contributed by atoms with E-state index in [1.807, 2.05) is 41.9 Å². The minimum atomic E-state index is -0.363. The number of aromatic nitrogens is 2. The van der Waals surface area contributed by atoms with Crippen LogP contribution in [0, 0.1) is 5.82 Å². The van der Waals surface area contributed by atoms with Gasteiger partial charge < -0.3 is 4.98 Å². The average Bonchev–Trinajstić information content (AvgIpc) is 3.43. The maximum atomic E-state index is 14.2. The van der Waals surface area contributed by atoms with Crippen LogP contribution in [0.3, 0.4) is 0 Å². The maximum absolute atomic E-state index is 14.2. The van der Waals surface area contributed by atoms with Crippen molar-refractivity contribution in [3.63, 3.8) is 0 Å². The van der Waals surface area contributed by atoms with Crippen LogP contribution in [0.4, 0.5) is 10.1 Å². The van der Waals surface area contributed by atoms with Crippen LogP contribution in [0.2, 0.25) is 0 Å². The van der Waals surface area contributed by atoms with Crippen molar-refractivity contribution >= 4 is 34.0 Å². The minimum absolute atomic E-state index is 0.285. The zero-order valence-corrected chi connectivity index (χ0v) is 16.7. The summed E-state index contributed by atoms with van der Waals surface area (Å²) in [6, 6.07) is 24.7. The Hall–Kier alpha value is -3.77. The second-order valence-corrected chi connectivity index (χ2v) is 7.51. The number of hydrogen-bond acceptors (Lipinski definition) is 3. The molecule has 0 saturated heterocycles. The van der Waals surface area contributed by atoms with Crippen LogP contribution in [0.25, 0.3) is 22.0 Å². The number of para-hydroxylation sites is 1. The highest BCUT2D eigenvalue weighted by Gasteiger charge is 2.11. The van der Waals surface area contributed by atoms with Crippen molar-refractivity contribution in [2.45, 2.75) is 0 Å². The summed E-state index contributed by atoms with van der Waals surface area (Å²) in [5.74, 6) is -0.363. The fourth-order valence-electron chi connectivity index (χ4n) is 3.31. The summed E-state index contributed by atoms with van der Waals surface area (Å²) in [7, 11) is 0. The van der Waals surface area contributed by atoms with E-state index < -0.39 is 0 Å². The van der Waals surface area contributed by atoms with Gasteiger partial charge in [-0.3, -0.25) is 0 Å². The average molecular weight is 412 g/mol. The molecule has 0 spiro atoms. The van der Waals surface area contributed by atoms with Crippen LogP contribution in [0.5, 0.6) is 0 Å². The Morgan fingerprint density at radius 2 is 1.73 bits per heavy atom. The number of hydrogen-bond donors (Lipinski definition) is 1. The second kappa shape index (κ2) is 7.93. The summed E-state index contributed by atoms with van der Waals surface area (Å²) < 4.78 is 16.0. The molecule has 0 unspecified atom stereocenters. The van der Waals surface area contributed by atoms with Gasteiger partial charge in [-0.25, -0.2) is 14.1 Å². The third kappa shape index (κ3) is 3.49. The monoisotopic (exact) mass is 412 g/mol. The molecule has 3 aromatic carbocycles. The Bertz CT molecular complexity index is 1410. The summed E-state index contributed by atoms with van der Waals surface area (Å²) >= 11 is 1.43. The molecule has 2 aromatic heterocycles. The predicted molar refractivity (Wildman–Crippen MR) is 121 cm³/mol. The normalized spacial score (nSPS) is 12.2. The maximum Gasteiger partial charge on any atom is 0.211 e. The molecule has 0 bridgehead atoms. The number of aromatic amines is 1. The third-order valence-electron chi connectivity index (χ3n) is 4.75. The van der Waals surface area contributed by atoms with Gasteiger partial charge in [0, 0.05) is 17.1 Å². The molecule has 0 aliphatic carbocycles. The van der Waals surface area contributed by atoms with Crippen LogP contribution < -0.4 is 4.80 Å². The quantitative estimate of drug-likeness (QED) is 0.355. The fourth-order valence-corrected chi connectivity index (χ4v) is 4.15. The van der Waals surface area contributed by atoms with Gasteiger partial charge in [0.15, 0.2) is 0 Å². The number of nitrogens with zero attached hydrogens (tertiary/aromatic N) is 3. The lowest BCUT2D eigenvalue weighted by molar-refractivity contribution is 0.628. The van der Waals surface area contributed by atoms with Crippen LogP contribution in [0.1, 0.15) is 5.69 Å². The SMILES string of the molecule is Fc1ccccc1N=c1scc(-c2cccc3ccccc23)n1N=Cc1ccc[nH]1. The van der Waals surface area contributed by atoms with Gasteiger partial charge in [-0.1, -0.05) is 54.6 Å². The fraction of sp³-hybridized carbons (Fsp3) is 0. The van der Waals surface area contributed by atoms with E-state index >= 15 is 0 Å². The van der Waals surface area contributed by atoms with Gasteiger partial charge in [0.25, 0.3) is 0 Å². The number of fused-ring (bicyclic) bond motifs is 1. The first-order valence-electron chi connectivity index (χ1n) is 9.45. The van der Waals surface area contributed by atoms with Crippen molar-refractivity contribution in [2.75, 3.05) is 0 Å². The van der Waals surface area contributed by atoms with Crippen molar-refractivity contribution < 1.29 is 4.39 Å². The van der Waals surface area contributed by atoms with Crippen molar-refractivity contribution in [3.8, 4) is 11.3 Å². The van der Waals surface area contributed by atoms with Crippen molar-refractivity contribution in [3.05, 3.63) is 107 Å². The molecule has 0 aliphatic rings. The summed E-state index contributed by atoms with van der Waals surface area (Å²) in [5, 5.41) is 8.95. The molecule has 0 saturated carbocycles. The van der Waals surface area contributed by atoms with Crippen LogP contribution in [-0.4, -0.2) is 15.9 Å². The molecule has 5 rings (SSSR count). The Kier molecular flexibility index (Phi) is 4.83. The van der Waals surface area contributed by atoms with Gasteiger partial charge in [0.2, 0.25) is 4.80 Å². The third-order valence-corrected chi connectivity index (χ3v) is 5.57. The molecule has 0 amide bonds. The van der Waals surface area contributed by atoms with E-state index in [-0.39, 0.29) is 11.5 Å². The largest absolute Gasteiger partial charge is 0.360 e. The Morgan fingerprint density at radius 1 is 0.900 bits per heavy atom. The zero-order chi connectivity index (χ0) is 20.3. The van der Waals surface area contributed by atoms with Gasteiger partial charge in [0.1, 0.15) is 11.5 Å². The van der Waals surface area contributed by atoms with Crippen LogP contribution in [-0.2, 0) is 0 Å². The molecule has 0 radical (unpaired) electrons. The van der Waals surface area contributed by atoms with E-state index in [2.05, 4.69) is 39.3 Å². The lowest BCUT2D eigenvalue weighted by Crippen LogP contribution is -2.12. The highest BCUT2D eigenvalue weighted by Crippen LogP contribution is 2.29. The van der Waals surface area contributed by atoms with E-state index in [1.54, 1.807) is 29.1 Å². The first kappa shape index (κ1) is 18.3. The number of thiazole rings is 1. The number of nitrogens with one attached hydrogen (secondary N) is 1. The lowest BCUT2D eigenvalue weighted by atomic mass is 10.0. The standard InChI is InChI=1S/C24H17FN4S/c25-21-12-3-4-13-22(21)28-24-29(27-15-18-9-6-14-26-18)23(16-30-24)20-11-5-8-17-7-1-2-10-19(17)20/h1-16,26H. The number of benzene rings is 3. The van der Waals surface area contributed by atoms with E-state index in [0.717, 1.165) is 27.7 Å². The van der Waals surface area contributed by atoms with Gasteiger partial charge in [-0.05, 0) is 35.0 Å². The molecule has 5 aromatic rings. The molecular weight excluding hydrogens is 395 g/mol. The van der Waals surface area contributed by atoms with Gasteiger partial charge >= 0.3 is 0 Å². The van der Waals surface area contributed by atoms with Crippen LogP contribution in [0.15, 0.2) is 101 Å². The summed E-state index contributed by atoms with van der Waals surface area (Å²) in [6.45, 7) is 0. The Labute approximate surface area is 176 Å². The molecule has 0 fully saturated rings. The Balaban J connectivity index is 1.74. The minimum Gasteiger partial charge on any atom is -0.360 e. The van der Waals surface area contributed by atoms with Crippen molar-refractivity contribution in [2.24, 2.45) is 10.1 Å². The molecule has 1 N–H and O–H groups in total. The Morgan fingerprint density at radius 3 is 2.60 bits per heavy atom. The predicted octanol–water partition coefficient (Wildman–Crippen LogP) is 5.95. The number of rotatable bonds is 4. The van der Waals surface area contributed by atoms with Gasteiger partial charge in [-0.2, -0.15) is 5.10 Å². The summed E-state index contributed by atoms with van der Waals surface area (Å²) in [4.78, 5) is 8.25. The van der Waals surface area contributed by atoms with Gasteiger partial charge in [-0.15, -0.1) is 11.3 Å². The molecule has 4 nitrogen and oxygen atoms in total. The number of halogens is 1. The highest BCUT2D eigenvalue weighted by molar-refractivity contribution is 7.07. The van der Waals surface area contributed by atoms with E-state index in [4.69, 9.17) is 0 Å².